The van der Waals surface area contributed by atoms with Crippen LogP contribution in [-0.4, -0.2) is 31.5 Å². The van der Waals surface area contributed by atoms with Gasteiger partial charge in [0.25, 0.3) is 0 Å². The number of nitrogens with zero attached hydrogens (tertiary/aromatic N) is 3. The first-order valence-electron chi connectivity index (χ1n) is 6.52. The Morgan fingerprint density at radius 2 is 2.09 bits per heavy atom. The van der Waals surface area contributed by atoms with E-state index in [2.05, 4.69) is 20.6 Å². The first-order chi connectivity index (χ1) is 10.7. The number of aliphatic hydroxyl groups is 1. The lowest BCUT2D eigenvalue weighted by Gasteiger charge is -2.02. The molecule has 0 amide bonds. The van der Waals surface area contributed by atoms with Gasteiger partial charge in [0.05, 0.1) is 0 Å². The predicted octanol–water partition coefficient (Wildman–Crippen LogP) is 2.63. The summed E-state index contributed by atoms with van der Waals surface area (Å²) < 4.78 is 0. The number of ketones is 1. The minimum Gasteiger partial charge on any atom is -0.504 e. The van der Waals surface area contributed by atoms with Crippen LogP contribution >= 0.6 is 11.3 Å². The fourth-order valence-corrected chi connectivity index (χ4v) is 2.88. The number of H-pyrrole nitrogens is 1. The molecule has 1 aromatic carbocycles. The third-order valence-corrected chi connectivity index (χ3v) is 3.88. The highest BCUT2D eigenvalue weighted by atomic mass is 32.1. The Bertz CT molecular complexity index is 794. The SMILES string of the molecule is O=C(C=C(O)c1nn[nH]n1)c1cscc1Cc1ccccc1. The van der Waals surface area contributed by atoms with Gasteiger partial charge in [0.1, 0.15) is 0 Å². The van der Waals surface area contributed by atoms with E-state index >= 15 is 0 Å². The highest BCUT2D eigenvalue weighted by Crippen LogP contribution is 2.21. The van der Waals surface area contributed by atoms with E-state index in [0.717, 1.165) is 17.2 Å². The van der Waals surface area contributed by atoms with Crippen LogP contribution in [0, 0.1) is 0 Å². The number of aromatic amines is 1. The molecule has 0 spiro atoms. The summed E-state index contributed by atoms with van der Waals surface area (Å²) in [7, 11) is 0. The van der Waals surface area contributed by atoms with Gasteiger partial charge in [-0.1, -0.05) is 30.3 Å². The standard InChI is InChI=1S/C15H12N4O2S/c20-13(7-14(21)15-16-18-19-17-15)12-9-22-8-11(12)6-10-4-2-1-3-5-10/h1-5,7-9,21H,6H2,(H,16,17,18,19). The number of benzene rings is 1. The fraction of sp³-hybridized carbons (Fsp3) is 0.0667. The Morgan fingerprint density at radius 3 is 2.82 bits per heavy atom. The number of carbonyl (C=O) groups is 1. The number of hydrogen-bond donors (Lipinski definition) is 2. The molecule has 6 nitrogen and oxygen atoms in total. The van der Waals surface area contributed by atoms with Gasteiger partial charge in [-0.05, 0) is 28.1 Å². The predicted molar refractivity (Wildman–Crippen MR) is 82.7 cm³/mol. The lowest BCUT2D eigenvalue weighted by atomic mass is 10.0. The highest BCUT2D eigenvalue weighted by molar-refractivity contribution is 7.08. The van der Waals surface area contributed by atoms with Crippen LogP contribution in [0.2, 0.25) is 0 Å². The Hall–Kier alpha value is -2.80. The van der Waals surface area contributed by atoms with Gasteiger partial charge in [-0.3, -0.25) is 4.79 Å². The van der Waals surface area contributed by atoms with Gasteiger partial charge in [-0.25, -0.2) is 0 Å². The van der Waals surface area contributed by atoms with Crippen LogP contribution in [0.3, 0.4) is 0 Å². The van der Waals surface area contributed by atoms with E-state index in [4.69, 9.17) is 0 Å². The van der Waals surface area contributed by atoms with Crippen LogP contribution in [0.25, 0.3) is 5.76 Å². The molecule has 2 aromatic heterocycles. The van der Waals surface area contributed by atoms with Gasteiger partial charge >= 0.3 is 0 Å². The van der Waals surface area contributed by atoms with E-state index in [1.54, 1.807) is 5.38 Å². The second-order valence-corrected chi connectivity index (χ2v) is 5.35. The summed E-state index contributed by atoms with van der Waals surface area (Å²) in [5, 5.41) is 26.4. The van der Waals surface area contributed by atoms with Crippen LogP contribution in [-0.2, 0) is 6.42 Å². The van der Waals surface area contributed by atoms with E-state index < -0.39 is 0 Å². The van der Waals surface area contributed by atoms with Crippen molar-refractivity contribution in [2.24, 2.45) is 0 Å². The number of allylic oxidation sites excluding steroid dienone is 1. The summed E-state index contributed by atoms with van der Waals surface area (Å²) in [6.07, 6.45) is 1.78. The number of hydrogen-bond acceptors (Lipinski definition) is 6. The van der Waals surface area contributed by atoms with Crippen LogP contribution in [0.5, 0.6) is 0 Å². The van der Waals surface area contributed by atoms with E-state index in [-0.39, 0.29) is 17.4 Å². The molecule has 2 heterocycles. The number of thiophene rings is 1. The molecule has 0 aliphatic rings. The number of aromatic nitrogens is 4. The monoisotopic (exact) mass is 312 g/mol. The van der Waals surface area contributed by atoms with Gasteiger partial charge in [-0.15, -0.1) is 10.2 Å². The largest absolute Gasteiger partial charge is 0.504 e. The molecule has 0 aliphatic heterocycles. The van der Waals surface area contributed by atoms with Crippen molar-refractivity contribution in [2.45, 2.75) is 6.42 Å². The minimum absolute atomic E-state index is 0.00631. The van der Waals surface area contributed by atoms with Gasteiger partial charge in [-0.2, -0.15) is 16.6 Å². The van der Waals surface area contributed by atoms with Crippen LogP contribution in [0.4, 0.5) is 0 Å². The lowest BCUT2D eigenvalue weighted by Crippen LogP contribution is -2.00. The zero-order valence-electron chi connectivity index (χ0n) is 11.4. The molecule has 0 saturated heterocycles. The molecule has 110 valence electrons. The molecular weight excluding hydrogens is 300 g/mol. The average molecular weight is 312 g/mol. The average Bonchev–Trinajstić information content (AvgIpc) is 3.19. The van der Waals surface area contributed by atoms with Crippen LogP contribution in [0.1, 0.15) is 27.3 Å². The number of carbonyl (C=O) groups excluding carboxylic acids is 1. The van der Waals surface area contributed by atoms with Crippen molar-refractivity contribution in [3.8, 4) is 0 Å². The summed E-state index contributed by atoms with van der Waals surface area (Å²) in [5.74, 6) is -0.599. The second kappa shape index (κ2) is 6.31. The first-order valence-corrected chi connectivity index (χ1v) is 7.46. The summed E-state index contributed by atoms with van der Waals surface area (Å²) >= 11 is 1.46. The van der Waals surface area contributed by atoms with Crippen molar-refractivity contribution in [1.82, 2.24) is 20.6 Å². The molecule has 0 radical (unpaired) electrons. The maximum absolute atomic E-state index is 12.3. The molecular formula is C15H12N4O2S. The quantitative estimate of drug-likeness (QED) is 0.429. The molecule has 0 aliphatic carbocycles. The summed E-state index contributed by atoms with van der Waals surface area (Å²) in [4.78, 5) is 12.3. The summed E-state index contributed by atoms with van der Waals surface area (Å²) in [6.45, 7) is 0. The van der Waals surface area contributed by atoms with Gasteiger partial charge in [0.2, 0.25) is 5.82 Å². The molecule has 7 heteroatoms. The van der Waals surface area contributed by atoms with Crippen molar-refractivity contribution < 1.29 is 9.90 Å². The second-order valence-electron chi connectivity index (χ2n) is 4.60. The van der Waals surface area contributed by atoms with Gasteiger partial charge < -0.3 is 5.11 Å². The molecule has 22 heavy (non-hydrogen) atoms. The van der Waals surface area contributed by atoms with Crippen molar-refractivity contribution >= 4 is 22.9 Å². The zero-order chi connectivity index (χ0) is 15.4. The summed E-state index contributed by atoms with van der Waals surface area (Å²) in [5.41, 5.74) is 2.63. The number of tetrazole rings is 1. The van der Waals surface area contributed by atoms with Crippen molar-refractivity contribution in [3.05, 3.63) is 69.7 Å². The van der Waals surface area contributed by atoms with E-state index in [1.807, 2.05) is 35.7 Å². The van der Waals surface area contributed by atoms with Crippen molar-refractivity contribution in [3.63, 3.8) is 0 Å². The van der Waals surface area contributed by atoms with E-state index in [0.29, 0.717) is 12.0 Å². The van der Waals surface area contributed by atoms with Crippen LogP contribution in [0.15, 0.2) is 47.2 Å². The normalized spacial score (nSPS) is 11.5. The van der Waals surface area contributed by atoms with Crippen molar-refractivity contribution in [2.75, 3.05) is 0 Å². The molecule has 0 saturated carbocycles. The molecule has 0 bridgehead atoms. The first kappa shape index (κ1) is 14.2. The Labute approximate surface area is 130 Å². The fourth-order valence-electron chi connectivity index (χ4n) is 2.03. The molecule has 3 aromatic rings. The molecule has 0 unspecified atom stereocenters. The molecule has 2 N–H and O–H groups in total. The maximum Gasteiger partial charge on any atom is 0.239 e. The number of aliphatic hydroxyl groups excluding tert-OH is 1. The topological polar surface area (TPSA) is 91.8 Å². The zero-order valence-corrected chi connectivity index (χ0v) is 12.2. The summed E-state index contributed by atoms with van der Waals surface area (Å²) in [6, 6.07) is 9.91. The van der Waals surface area contributed by atoms with E-state index in [1.165, 1.54) is 11.3 Å². The van der Waals surface area contributed by atoms with Gasteiger partial charge in [0, 0.05) is 17.0 Å². The smallest absolute Gasteiger partial charge is 0.239 e. The molecule has 3 rings (SSSR count). The third-order valence-electron chi connectivity index (χ3n) is 3.09. The Morgan fingerprint density at radius 1 is 1.27 bits per heavy atom. The van der Waals surface area contributed by atoms with Crippen molar-refractivity contribution in [1.29, 1.82) is 0 Å². The lowest BCUT2D eigenvalue weighted by molar-refractivity contribution is 0.104. The highest BCUT2D eigenvalue weighted by Gasteiger charge is 2.14. The Balaban J connectivity index is 1.82. The molecule has 0 fully saturated rings. The maximum atomic E-state index is 12.3. The Kier molecular flexibility index (Phi) is 4.06. The van der Waals surface area contributed by atoms with E-state index in [9.17, 15) is 9.90 Å². The molecule has 0 atom stereocenters. The van der Waals surface area contributed by atoms with Gasteiger partial charge in [0.15, 0.2) is 11.5 Å². The number of nitrogens with one attached hydrogen (secondary N) is 1. The van der Waals surface area contributed by atoms with Crippen LogP contribution < -0.4 is 0 Å². The number of rotatable bonds is 5. The third kappa shape index (κ3) is 3.09. The minimum atomic E-state index is -0.310.